The first-order valence-corrected chi connectivity index (χ1v) is 7.66. The Morgan fingerprint density at radius 2 is 1.74 bits per heavy atom. The Labute approximate surface area is 137 Å². The molecule has 1 aromatic heterocycles. The van der Waals surface area contributed by atoms with E-state index in [4.69, 9.17) is 0 Å². The number of hydrogen-bond acceptors (Lipinski definition) is 4. The highest BCUT2D eigenvalue weighted by Crippen LogP contribution is 2.18. The number of nitrogens with zero attached hydrogens (tertiary/aromatic N) is 2. The molecular weight excluding hydrogens is 288 g/mol. The lowest BCUT2D eigenvalue weighted by Crippen LogP contribution is -2.27. The van der Waals surface area contributed by atoms with Crippen LogP contribution in [0.25, 0.3) is 0 Å². The molecular formula is C18H24N4O. The first kappa shape index (κ1) is 16.9. The molecule has 0 unspecified atom stereocenters. The minimum Gasteiger partial charge on any atom is -0.365 e. The van der Waals surface area contributed by atoms with E-state index in [1.807, 2.05) is 52.8 Å². The van der Waals surface area contributed by atoms with E-state index in [9.17, 15) is 4.79 Å². The predicted octanol–water partition coefficient (Wildman–Crippen LogP) is 3.86. The molecule has 0 spiro atoms. The summed E-state index contributed by atoms with van der Waals surface area (Å²) >= 11 is 0. The molecule has 0 saturated carbocycles. The molecule has 0 radical (unpaired) electrons. The Balaban J connectivity index is 2.25. The van der Waals surface area contributed by atoms with Crippen molar-refractivity contribution in [2.45, 2.75) is 47.1 Å². The highest BCUT2D eigenvalue weighted by Gasteiger charge is 2.15. The van der Waals surface area contributed by atoms with Crippen LogP contribution in [0.4, 0.5) is 11.5 Å². The van der Waals surface area contributed by atoms with Crippen LogP contribution >= 0.6 is 0 Å². The van der Waals surface area contributed by atoms with E-state index in [0.717, 1.165) is 16.8 Å². The number of aryl methyl sites for hydroxylation is 3. The van der Waals surface area contributed by atoms with E-state index in [0.29, 0.717) is 17.3 Å². The lowest BCUT2D eigenvalue weighted by molar-refractivity contribution is 0.102. The molecule has 122 valence electrons. The third kappa shape index (κ3) is 4.77. The number of benzene rings is 1. The van der Waals surface area contributed by atoms with Crippen LogP contribution in [0.3, 0.4) is 0 Å². The number of carbonyl (C=O) groups excluding carboxylic acids is 1. The van der Waals surface area contributed by atoms with Crippen molar-refractivity contribution in [3.8, 4) is 0 Å². The first-order chi connectivity index (χ1) is 10.6. The molecule has 2 N–H and O–H groups in total. The van der Waals surface area contributed by atoms with Crippen molar-refractivity contribution in [1.82, 2.24) is 9.97 Å². The molecule has 1 aromatic carbocycles. The Hall–Kier alpha value is -2.43. The molecule has 5 heteroatoms. The zero-order valence-electron chi connectivity index (χ0n) is 14.6. The lowest BCUT2D eigenvalue weighted by Gasteiger charge is -2.21. The fraction of sp³-hybridized carbons (Fsp3) is 0.389. The third-order valence-corrected chi connectivity index (χ3v) is 3.20. The van der Waals surface area contributed by atoms with Crippen molar-refractivity contribution in [1.29, 1.82) is 0 Å². The normalized spacial score (nSPS) is 11.2. The van der Waals surface area contributed by atoms with Gasteiger partial charge in [-0.15, -0.1) is 0 Å². The highest BCUT2D eigenvalue weighted by atomic mass is 16.1. The fourth-order valence-corrected chi connectivity index (χ4v) is 2.27. The molecule has 0 saturated heterocycles. The zero-order valence-corrected chi connectivity index (χ0v) is 14.6. The van der Waals surface area contributed by atoms with E-state index < -0.39 is 0 Å². The van der Waals surface area contributed by atoms with Gasteiger partial charge in [-0.2, -0.15) is 0 Å². The molecule has 23 heavy (non-hydrogen) atoms. The van der Waals surface area contributed by atoms with E-state index in [1.165, 1.54) is 0 Å². The number of carbonyl (C=O) groups is 1. The molecule has 0 aliphatic heterocycles. The number of amides is 1. The topological polar surface area (TPSA) is 66.9 Å². The van der Waals surface area contributed by atoms with Crippen LogP contribution in [0.2, 0.25) is 0 Å². The van der Waals surface area contributed by atoms with Crippen molar-refractivity contribution in [3.63, 3.8) is 0 Å². The number of anilines is 2. The summed E-state index contributed by atoms with van der Waals surface area (Å²) in [7, 11) is 0. The third-order valence-electron chi connectivity index (χ3n) is 3.20. The molecule has 1 amide bonds. The summed E-state index contributed by atoms with van der Waals surface area (Å²) in [6.45, 7) is 11.9. The molecule has 0 aliphatic rings. The summed E-state index contributed by atoms with van der Waals surface area (Å²) in [5.41, 5.74) is 3.20. The second kappa shape index (κ2) is 6.36. The first-order valence-electron chi connectivity index (χ1n) is 7.66. The van der Waals surface area contributed by atoms with Gasteiger partial charge in [-0.3, -0.25) is 4.79 Å². The quantitative estimate of drug-likeness (QED) is 0.903. The van der Waals surface area contributed by atoms with Crippen LogP contribution in [0.1, 0.15) is 48.2 Å². The molecule has 0 aliphatic carbocycles. The second-order valence-electron chi connectivity index (χ2n) is 6.83. The Kier molecular flexibility index (Phi) is 4.68. The van der Waals surface area contributed by atoms with Gasteiger partial charge in [0.05, 0.1) is 0 Å². The highest BCUT2D eigenvalue weighted by molar-refractivity contribution is 6.03. The minimum atomic E-state index is -0.237. The van der Waals surface area contributed by atoms with Gasteiger partial charge in [-0.25, -0.2) is 9.97 Å². The van der Waals surface area contributed by atoms with E-state index in [2.05, 4.69) is 20.6 Å². The van der Waals surface area contributed by atoms with Crippen molar-refractivity contribution in [3.05, 3.63) is 46.9 Å². The van der Waals surface area contributed by atoms with Gasteiger partial charge in [0, 0.05) is 17.3 Å². The summed E-state index contributed by atoms with van der Waals surface area (Å²) in [5.74, 6) is 0.972. The Morgan fingerprint density at radius 3 is 2.35 bits per heavy atom. The van der Waals surface area contributed by atoms with Gasteiger partial charge in [0.25, 0.3) is 5.91 Å². The maximum absolute atomic E-state index is 12.5. The van der Waals surface area contributed by atoms with Crippen LogP contribution in [0, 0.1) is 20.8 Å². The van der Waals surface area contributed by atoms with Crippen LogP contribution in [-0.2, 0) is 0 Å². The molecule has 2 aromatic rings. The van der Waals surface area contributed by atoms with Crippen molar-refractivity contribution < 1.29 is 4.79 Å². The van der Waals surface area contributed by atoms with Gasteiger partial charge in [-0.05, 0) is 53.2 Å². The maximum atomic E-state index is 12.5. The zero-order chi connectivity index (χ0) is 17.2. The largest absolute Gasteiger partial charge is 0.365 e. The van der Waals surface area contributed by atoms with Crippen LogP contribution in [0.15, 0.2) is 24.3 Å². The van der Waals surface area contributed by atoms with Crippen LogP contribution < -0.4 is 10.6 Å². The summed E-state index contributed by atoms with van der Waals surface area (Å²) in [4.78, 5) is 21.1. The van der Waals surface area contributed by atoms with Gasteiger partial charge < -0.3 is 10.6 Å². The Morgan fingerprint density at radius 1 is 1.04 bits per heavy atom. The smallest absolute Gasteiger partial charge is 0.274 e. The SMILES string of the molecule is Cc1ccc(NC(=O)c2cc(NC(C)(C)C)nc(C)n2)c(C)c1. The number of aromatic nitrogens is 2. The summed E-state index contributed by atoms with van der Waals surface area (Å²) in [6, 6.07) is 7.59. The van der Waals surface area contributed by atoms with Crippen molar-refractivity contribution in [2.75, 3.05) is 10.6 Å². The Bertz CT molecular complexity index is 732. The number of nitrogens with one attached hydrogen (secondary N) is 2. The summed E-state index contributed by atoms with van der Waals surface area (Å²) in [5, 5.41) is 6.18. The molecule has 5 nitrogen and oxygen atoms in total. The van der Waals surface area contributed by atoms with Gasteiger partial charge in [0.2, 0.25) is 0 Å². The standard InChI is InChI=1S/C18H24N4O/c1-11-7-8-14(12(2)9-11)21-17(23)15-10-16(20-13(3)19-15)22-18(4,5)6/h7-10H,1-6H3,(H,21,23)(H,19,20,22). The average Bonchev–Trinajstić information content (AvgIpc) is 2.39. The predicted molar refractivity (Wildman–Crippen MR) is 94.0 cm³/mol. The molecule has 0 atom stereocenters. The molecule has 2 rings (SSSR count). The van der Waals surface area contributed by atoms with E-state index in [1.54, 1.807) is 13.0 Å². The minimum absolute atomic E-state index is 0.137. The van der Waals surface area contributed by atoms with Crippen LogP contribution in [0.5, 0.6) is 0 Å². The lowest BCUT2D eigenvalue weighted by atomic mass is 10.1. The van der Waals surface area contributed by atoms with Crippen LogP contribution in [-0.4, -0.2) is 21.4 Å². The van der Waals surface area contributed by atoms with Gasteiger partial charge in [0.1, 0.15) is 17.3 Å². The van der Waals surface area contributed by atoms with E-state index in [-0.39, 0.29) is 11.4 Å². The molecule has 1 heterocycles. The van der Waals surface area contributed by atoms with Crippen molar-refractivity contribution >= 4 is 17.4 Å². The van der Waals surface area contributed by atoms with Gasteiger partial charge >= 0.3 is 0 Å². The monoisotopic (exact) mass is 312 g/mol. The van der Waals surface area contributed by atoms with Gasteiger partial charge in [-0.1, -0.05) is 17.7 Å². The summed E-state index contributed by atoms with van der Waals surface area (Å²) < 4.78 is 0. The molecule has 0 fully saturated rings. The second-order valence-corrected chi connectivity index (χ2v) is 6.83. The number of rotatable bonds is 3. The maximum Gasteiger partial charge on any atom is 0.274 e. The van der Waals surface area contributed by atoms with Gasteiger partial charge in [0.15, 0.2) is 0 Å². The fourth-order valence-electron chi connectivity index (χ4n) is 2.27. The van der Waals surface area contributed by atoms with E-state index >= 15 is 0 Å². The average molecular weight is 312 g/mol. The number of hydrogen-bond donors (Lipinski definition) is 2. The van der Waals surface area contributed by atoms with Crippen molar-refractivity contribution in [2.24, 2.45) is 0 Å². The molecule has 0 bridgehead atoms. The summed E-state index contributed by atoms with van der Waals surface area (Å²) in [6.07, 6.45) is 0.